The van der Waals surface area contributed by atoms with Gasteiger partial charge in [-0.2, -0.15) is 18.3 Å². The van der Waals surface area contributed by atoms with Crippen molar-refractivity contribution in [2.24, 2.45) is 0 Å². The molecule has 0 radical (unpaired) electrons. The van der Waals surface area contributed by atoms with Crippen LogP contribution in [0.4, 0.5) is 13.2 Å². The highest BCUT2D eigenvalue weighted by molar-refractivity contribution is 14.1. The highest BCUT2D eigenvalue weighted by atomic mass is 127. The second-order valence-corrected chi connectivity index (χ2v) is 5.42. The lowest BCUT2D eigenvalue weighted by atomic mass is 10.1. The molecule has 1 aromatic heterocycles. The van der Waals surface area contributed by atoms with Gasteiger partial charge in [-0.1, -0.05) is 12.1 Å². The van der Waals surface area contributed by atoms with E-state index in [1.807, 2.05) is 13.8 Å². The zero-order valence-electron chi connectivity index (χ0n) is 10.4. The molecular formula is C13H12F3IN2. The molecule has 2 rings (SSSR count). The summed E-state index contributed by atoms with van der Waals surface area (Å²) in [7, 11) is 0. The monoisotopic (exact) mass is 380 g/mol. The van der Waals surface area contributed by atoms with Gasteiger partial charge in [-0.25, -0.2) is 0 Å². The molecule has 19 heavy (non-hydrogen) atoms. The lowest BCUT2D eigenvalue weighted by Gasteiger charge is -2.09. The molecule has 102 valence electrons. The van der Waals surface area contributed by atoms with Crippen molar-refractivity contribution in [1.82, 2.24) is 9.78 Å². The quantitative estimate of drug-likeness (QED) is 0.716. The smallest absolute Gasteiger partial charge is 0.264 e. The number of aromatic nitrogens is 2. The first kappa shape index (κ1) is 14.4. The Labute approximate surface area is 122 Å². The molecule has 2 nitrogen and oxygen atoms in total. The third-order valence-corrected chi connectivity index (χ3v) is 4.44. The third-order valence-electron chi connectivity index (χ3n) is 2.88. The molecule has 0 fully saturated rings. The van der Waals surface area contributed by atoms with Crippen LogP contribution in [-0.4, -0.2) is 9.78 Å². The van der Waals surface area contributed by atoms with Crippen molar-refractivity contribution in [3.8, 4) is 0 Å². The maximum absolute atomic E-state index is 12.6. The van der Waals surface area contributed by atoms with Crippen molar-refractivity contribution in [1.29, 1.82) is 0 Å². The van der Waals surface area contributed by atoms with E-state index >= 15 is 0 Å². The van der Waals surface area contributed by atoms with Crippen LogP contribution in [0.3, 0.4) is 0 Å². The van der Waals surface area contributed by atoms with E-state index in [0.29, 0.717) is 12.1 Å². The first-order chi connectivity index (χ1) is 8.79. The SMILES string of the molecule is Cc1nn(Cc2cccc(C(F)(F)F)c2)c(C)c1I. The Morgan fingerprint density at radius 2 is 1.95 bits per heavy atom. The molecule has 1 aromatic carbocycles. The lowest BCUT2D eigenvalue weighted by Crippen LogP contribution is -2.08. The molecule has 2 aromatic rings. The normalized spacial score (nSPS) is 11.9. The second-order valence-electron chi connectivity index (χ2n) is 4.34. The van der Waals surface area contributed by atoms with E-state index < -0.39 is 11.7 Å². The fourth-order valence-corrected chi connectivity index (χ4v) is 2.23. The molecule has 1 heterocycles. The standard InChI is InChI=1S/C13H12F3IN2/c1-8-12(17)9(2)19(18-8)7-10-4-3-5-11(6-10)13(14,15)16/h3-6H,7H2,1-2H3. The molecule has 0 aliphatic rings. The van der Waals surface area contributed by atoms with Crippen LogP contribution in [0.25, 0.3) is 0 Å². The van der Waals surface area contributed by atoms with Crippen LogP contribution >= 0.6 is 22.6 Å². The molecule has 0 spiro atoms. The van der Waals surface area contributed by atoms with Gasteiger partial charge >= 0.3 is 6.18 Å². The first-order valence-corrected chi connectivity index (χ1v) is 6.72. The third kappa shape index (κ3) is 3.10. The topological polar surface area (TPSA) is 17.8 Å². The van der Waals surface area contributed by atoms with Gasteiger partial charge in [-0.3, -0.25) is 4.68 Å². The summed E-state index contributed by atoms with van der Waals surface area (Å²) in [5.74, 6) is 0. The number of benzene rings is 1. The minimum absolute atomic E-state index is 0.347. The molecule has 0 aliphatic heterocycles. The Balaban J connectivity index is 2.31. The van der Waals surface area contributed by atoms with Gasteiger partial charge in [0.25, 0.3) is 0 Å². The van der Waals surface area contributed by atoms with E-state index in [1.165, 1.54) is 12.1 Å². The molecule has 0 saturated carbocycles. The zero-order valence-corrected chi connectivity index (χ0v) is 12.6. The number of halogens is 4. The summed E-state index contributed by atoms with van der Waals surface area (Å²) in [6.07, 6.45) is -4.31. The average molecular weight is 380 g/mol. The van der Waals surface area contributed by atoms with E-state index in [-0.39, 0.29) is 0 Å². The van der Waals surface area contributed by atoms with Crippen molar-refractivity contribution < 1.29 is 13.2 Å². The Morgan fingerprint density at radius 1 is 1.26 bits per heavy atom. The van der Waals surface area contributed by atoms with Crippen LogP contribution in [0.15, 0.2) is 24.3 Å². The van der Waals surface area contributed by atoms with E-state index in [9.17, 15) is 13.2 Å². The molecule has 0 atom stereocenters. The predicted octanol–water partition coefficient (Wildman–Crippen LogP) is 4.17. The minimum atomic E-state index is -4.31. The Morgan fingerprint density at radius 3 is 2.47 bits per heavy atom. The summed E-state index contributed by atoms with van der Waals surface area (Å²) in [6.45, 7) is 4.15. The summed E-state index contributed by atoms with van der Waals surface area (Å²) in [6, 6.07) is 5.35. The fraction of sp³-hybridized carbons (Fsp3) is 0.308. The molecule has 0 amide bonds. The van der Waals surface area contributed by atoms with Crippen molar-refractivity contribution in [3.63, 3.8) is 0 Å². The minimum Gasteiger partial charge on any atom is -0.264 e. The Hall–Kier alpha value is -1.05. The van der Waals surface area contributed by atoms with Gasteiger partial charge in [-0.05, 0) is 54.1 Å². The predicted molar refractivity (Wildman–Crippen MR) is 75.0 cm³/mol. The van der Waals surface area contributed by atoms with Crippen molar-refractivity contribution >= 4 is 22.6 Å². The van der Waals surface area contributed by atoms with E-state index in [2.05, 4.69) is 27.7 Å². The molecule has 6 heteroatoms. The van der Waals surface area contributed by atoms with Crippen LogP contribution in [0, 0.1) is 17.4 Å². The highest BCUT2D eigenvalue weighted by Gasteiger charge is 2.30. The van der Waals surface area contributed by atoms with Crippen molar-refractivity contribution in [2.45, 2.75) is 26.6 Å². The highest BCUT2D eigenvalue weighted by Crippen LogP contribution is 2.29. The molecule has 0 aliphatic carbocycles. The Bertz CT molecular complexity index is 602. The van der Waals surface area contributed by atoms with Crippen LogP contribution in [0.5, 0.6) is 0 Å². The van der Waals surface area contributed by atoms with Gasteiger partial charge in [0, 0.05) is 5.69 Å². The van der Waals surface area contributed by atoms with Gasteiger partial charge < -0.3 is 0 Å². The largest absolute Gasteiger partial charge is 0.416 e. The number of hydrogen-bond donors (Lipinski definition) is 0. The summed E-state index contributed by atoms with van der Waals surface area (Å²) in [4.78, 5) is 0. The number of aryl methyl sites for hydroxylation is 1. The van der Waals surface area contributed by atoms with Crippen LogP contribution in [0.2, 0.25) is 0 Å². The maximum Gasteiger partial charge on any atom is 0.416 e. The van der Waals surface area contributed by atoms with Crippen LogP contribution < -0.4 is 0 Å². The molecule has 0 bridgehead atoms. The average Bonchev–Trinajstić information content (AvgIpc) is 2.56. The zero-order chi connectivity index (χ0) is 14.2. The van der Waals surface area contributed by atoms with Crippen molar-refractivity contribution in [2.75, 3.05) is 0 Å². The van der Waals surface area contributed by atoms with Gasteiger partial charge in [0.15, 0.2) is 0 Å². The van der Waals surface area contributed by atoms with Gasteiger partial charge in [0.2, 0.25) is 0 Å². The first-order valence-electron chi connectivity index (χ1n) is 5.64. The van der Waals surface area contributed by atoms with E-state index in [1.54, 1.807) is 10.7 Å². The van der Waals surface area contributed by atoms with Gasteiger partial charge in [0.1, 0.15) is 0 Å². The van der Waals surface area contributed by atoms with Crippen LogP contribution in [0.1, 0.15) is 22.5 Å². The number of rotatable bonds is 2. The number of hydrogen-bond acceptors (Lipinski definition) is 1. The molecule has 0 N–H and O–H groups in total. The summed E-state index contributed by atoms with van der Waals surface area (Å²) < 4.78 is 40.7. The van der Waals surface area contributed by atoms with Gasteiger partial charge in [0.05, 0.1) is 21.4 Å². The molecule has 0 unspecified atom stereocenters. The van der Waals surface area contributed by atoms with Gasteiger partial charge in [-0.15, -0.1) is 0 Å². The second kappa shape index (κ2) is 5.15. The Kier molecular flexibility index (Phi) is 3.89. The van der Waals surface area contributed by atoms with E-state index in [0.717, 1.165) is 21.0 Å². The maximum atomic E-state index is 12.6. The molecule has 0 saturated heterocycles. The summed E-state index contributed by atoms with van der Waals surface area (Å²) >= 11 is 2.19. The number of alkyl halides is 3. The number of nitrogens with zero attached hydrogens (tertiary/aromatic N) is 2. The lowest BCUT2D eigenvalue weighted by molar-refractivity contribution is -0.137. The van der Waals surface area contributed by atoms with Crippen LogP contribution in [-0.2, 0) is 12.7 Å². The van der Waals surface area contributed by atoms with Crippen molar-refractivity contribution in [3.05, 3.63) is 50.4 Å². The fourth-order valence-electron chi connectivity index (χ4n) is 1.85. The van der Waals surface area contributed by atoms with E-state index in [4.69, 9.17) is 0 Å². The summed E-state index contributed by atoms with van der Waals surface area (Å²) in [5.41, 5.74) is 1.83. The molecular weight excluding hydrogens is 368 g/mol. The summed E-state index contributed by atoms with van der Waals surface area (Å²) in [5, 5.41) is 4.32.